The second-order valence-corrected chi connectivity index (χ2v) is 4.38. The summed E-state index contributed by atoms with van der Waals surface area (Å²) in [5.74, 6) is 4.74. The molecule has 1 aromatic carbocycles. The van der Waals surface area contributed by atoms with Crippen molar-refractivity contribution in [2.45, 2.75) is 20.0 Å². The molecule has 6 heteroatoms. The summed E-state index contributed by atoms with van der Waals surface area (Å²) >= 11 is 0. The van der Waals surface area contributed by atoms with E-state index in [2.05, 4.69) is 21.5 Å². The number of hydrogen-bond donors (Lipinski definition) is 2. The number of guanidine groups is 1. The fourth-order valence-corrected chi connectivity index (χ4v) is 1.64. The molecule has 1 aromatic rings. The second-order valence-electron chi connectivity index (χ2n) is 4.38. The number of methoxy groups -OCH3 is 1. The van der Waals surface area contributed by atoms with E-state index in [1.165, 1.54) is 0 Å². The van der Waals surface area contributed by atoms with Crippen molar-refractivity contribution in [3.63, 3.8) is 0 Å². The van der Waals surface area contributed by atoms with Gasteiger partial charge in [-0.2, -0.15) is 0 Å². The largest absolute Gasteiger partial charge is 0.497 e. The lowest BCUT2D eigenvalue weighted by atomic mass is 10.3. The molecule has 0 radical (unpaired) electrons. The van der Waals surface area contributed by atoms with E-state index in [1.807, 2.05) is 38.1 Å². The summed E-state index contributed by atoms with van der Waals surface area (Å²) in [5, 5.41) is 6.16. The van der Waals surface area contributed by atoms with Gasteiger partial charge in [0.05, 0.1) is 20.2 Å². The van der Waals surface area contributed by atoms with E-state index in [0.29, 0.717) is 19.0 Å². The summed E-state index contributed by atoms with van der Waals surface area (Å²) in [7, 11) is 1.63. The Morgan fingerprint density at radius 1 is 1.36 bits per heavy atom. The molecule has 0 heterocycles. The highest BCUT2D eigenvalue weighted by atomic mass is 127. The number of benzene rings is 1. The maximum atomic E-state index is 5.81. The standard InChI is InChI=1S/C16H23N3O2.HI/c1-5-10-18-16(17-6-2)19-12-13(3)21-15-9-7-8-14(11-15)20-4;/h1,7-9,11,13H,6,10,12H2,2-4H3,(H2,17,18,19);1H. The zero-order valence-corrected chi connectivity index (χ0v) is 15.6. The van der Waals surface area contributed by atoms with Crippen molar-refractivity contribution in [3.05, 3.63) is 24.3 Å². The van der Waals surface area contributed by atoms with Crippen molar-refractivity contribution in [1.29, 1.82) is 0 Å². The Labute approximate surface area is 149 Å². The van der Waals surface area contributed by atoms with Crippen LogP contribution in [0.4, 0.5) is 0 Å². The molecule has 5 nitrogen and oxygen atoms in total. The van der Waals surface area contributed by atoms with Crippen molar-refractivity contribution in [3.8, 4) is 23.8 Å². The Balaban J connectivity index is 0.00000441. The monoisotopic (exact) mass is 417 g/mol. The van der Waals surface area contributed by atoms with Gasteiger partial charge in [0.1, 0.15) is 17.6 Å². The van der Waals surface area contributed by atoms with Crippen molar-refractivity contribution >= 4 is 29.9 Å². The Morgan fingerprint density at radius 2 is 2.09 bits per heavy atom. The third-order valence-corrected chi connectivity index (χ3v) is 2.59. The fourth-order valence-electron chi connectivity index (χ4n) is 1.64. The number of nitrogens with one attached hydrogen (secondary N) is 2. The third-order valence-electron chi connectivity index (χ3n) is 2.59. The van der Waals surface area contributed by atoms with Gasteiger partial charge in [-0.05, 0) is 26.0 Å². The lowest BCUT2D eigenvalue weighted by molar-refractivity contribution is 0.229. The van der Waals surface area contributed by atoms with Crippen LogP contribution < -0.4 is 20.1 Å². The van der Waals surface area contributed by atoms with Gasteiger partial charge in [0, 0.05) is 12.6 Å². The highest BCUT2D eigenvalue weighted by Gasteiger charge is 2.05. The summed E-state index contributed by atoms with van der Waals surface area (Å²) in [6.07, 6.45) is 5.17. The molecule has 0 aromatic heterocycles. The number of halogens is 1. The molecule has 1 rings (SSSR count). The van der Waals surface area contributed by atoms with Crippen LogP contribution in [0.2, 0.25) is 0 Å². The highest BCUT2D eigenvalue weighted by molar-refractivity contribution is 14.0. The van der Waals surface area contributed by atoms with Crippen LogP contribution >= 0.6 is 24.0 Å². The quantitative estimate of drug-likeness (QED) is 0.310. The molecule has 0 bridgehead atoms. The van der Waals surface area contributed by atoms with Gasteiger partial charge in [-0.1, -0.05) is 12.0 Å². The Kier molecular flexibility index (Phi) is 11.1. The second kappa shape index (κ2) is 12.0. The van der Waals surface area contributed by atoms with Crippen molar-refractivity contribution in [2.75, 3.05) is 26.7 Å². The molecule has 0 saturated heterocycles. The molecule has 122 valence electrons. The maximum absolute atomic E-state index is 5.81. The average Bonchev–Trinajstić information content (AvgIpc) is 2.50. The predicted molar refractivity (Wildman–Crippen MR) is 101 cm³/mol. The van der Waals surface area contributed by atoms with E-state index >= 15 is 0 Å². The molecule has 22 heavy (non-hydrogen) atoms. The first-order valence-corrected chi connectivity index (χ1v) is 6.96. The van der Waals surface area contributed by atoms with Crippen molar-refractivity contribution in [2.24, 2.45) is 4.99 Å². The average molecular weight is 417 g/mol. The van der Waals surface area contributed by atoms with E-state index in [1.54, 1.807) is 7.11 Å². The number of aliphatic imine (C=N–C) groups is 1. The first-order chi connectivity index (χ1) is 10.2. The van der Waals surface area contributed by atoms with E-state index in [0.717, 1.165) is 18.0 Å². The molecule has 0 aliphatic carbocycles. The van der Waals surface area contributed by atoms with Crippen LogP contribution in [0.5, 0.6) is 11.5 Å². The molecule has 0 aliphatic heterocycles. The zero-order chi connectivity index (χ0) is 15.5. The SMILES string of the molecule is C#CCNC(=NCC(C)Oc1cccc(OC)c1)NCC.I. The Bertz CT molecular complexity index is 500. The van der Waals surface area contributed by atoms with Gasteiger partial charge in [-0.15, -0.1) is 30.4 Å². The summed E-state index contributed by atoms with van der Waals surface area (Å²) < 4.78 is 11.0. The number of hydrogen-bond acceptors (Lipinski definition) is 3. The highest BCUT2D eigenvalue weighted by Crippen LogP contribution is 2.19. The van der Waals surface area contributed by atoms with Crippen LogP contribution in [-0.2, 0) is 0 Å². The number of terminal acetylenes is 1. The van der Waals surface area contributed by atoms with Crippen molar-refractivity contribution in [1.82, 2.24) is 10.6 Å². The smallest absolute Gasteiger partial charge is 0.192 e. The van der Waals surface area contributed by atoms with Gasteiger partial charge in [-0.3, -0.25) is 0 Å². The molecular formula is C16H24IN3O2. The van der Waals surface area contributed by atoms with E-state index < -0.39 is 0 Å². The first-order valence-electron chi connectivity index (χ1n) is 6.96. The number of nitrogens with zero attached hydrogens (tertiary/aromatic N) is 1. The van der Waals surface area contributed by atoms with Gasteiger partial charge in [0.25, 0.3) is 0 Å². The van der Waals surface area contributed by atoms with E-state index in [9.17, 15) is 0 Å². The maximum Gasteiger partial charge on any atom is 0.192 e. The molecule has 0 amide bonds. The summed E-state index contributed by atoms with van der Waals surface area (Å²) in [5.41, 5.74) is 0. The van der Waals surface area contributed by atoms with Gasteiger partial charge in [0.2, 0.25) is 0 Å². The molecule has 0 aliphatic rings. The van der Waals surface area contributed by atoms with Crippen LogP contribution in [0.15, 0.2) is 29.3 Å². The van der Waals surface area contributed by atoms with Crippen molar-refractivity contribution < 1.29 is 9.47 Å². The van der Waals surface area contributed by atoms with Gasteiger partial charge in [0.15, 0.2) is 5.96 Å². The first kappa shape index (κ1) is 20.4. The van der Waals surface area contributed by atoms with E-state index in [4.69, 9.17) is 15.9 Å². The number of rotatable bonds is 7. The molecule has 2 N–H and O–H groups in total. The minimum absolute atomic E-state index is 0. The van der Waals surface area contributed by atoms with Gasteiger partial charge < -0.3 is 20.1 Å². The minimum Gasteiger partial charge on any atom is -0.497 e. The fraction of sp³-hybridized carbons (Fsp3) is 0.438. The third kappa shape index (κ3) is 7.98. The molecule has 1 atom stereocenters. The topological polar surface area (TPSA) is 54.9 Å². The molecule has 0 fully saturated rings. The van der Waals surface area contributed by atoms with Crippen LogP contribution in [0.25, 0.3) is 0 Å². The normalized spacial score (nSPS) is 11.6. The lowest BCUT2D eigenvalue weighted by Gasteiger charge is -2.15. The summed E-state index contributed by atoms with van der Waals surface area (Å²) in [6, 6.07) is 7.51. The van der Waals surface area contributed by atoms with Gasteiger partial charge in [-0.25, -0.2) is 4.99 Å². The summed E-state index contributed by atoms with van der Waals surface area (Å²) in [6.45, 7) is 5.71. The van der Waals surface area contributed by atoms with E-state index in [-0.39, 0.29) is 30.1 Å². The van der Waals surface area contributed by atoms with Crippen LogP contribution in [-0.4, -0.2) is 38.8 Å². The Morgan fingerprint density at radius 3 is 2.73 bits per heavy atom. The zero-order valence-electron chi connectivity index (χ0n) is 13.3. The van der Waals surface area contributed by atoms with Crippen LogP contribution in [0.3, 0.4) is 0 Å². The summed E-state index contributed by atoms with van der Waals surface area (Å²) in [4.78, 5) is 4.43. The number of ether oxygens (including phenoxy) is 2. The Hall–Kier alpha value is -1.62. The predicted octanol–water partition coefficient (Wildman–Crippen LogP) is 2.27. The molecule has 0 spiro atoms. The lowest BCUT2D eigenvalue weighted by Crippen LogP contribution is -2.38. The van der Waals surface area contributed by atoms with Gasteiger partial charge >= 0.3 is 0 Å². The molecular weight excluding hydrogens is 393 g/mol. The molecule has 0 saturated carbocycles. The minimum atomic E-state index is -0.0570. The van der Waals surface area contributed by atoms with Crippen LogP contribution in [0, 0.1) is 12.3 Å². The molecule has 1 unspecified atom stereocenters. The van der Waals surface area contributed by atoms with Crippen LogP contribution in [0.1, 0.15) is 13.8 Å².